The molecule has 29 heavy (non-hydrogen) atoms. The van der Waals surface area contributed by atoms with Crippen molar-refractivity contribution in [3.05, 3.63) is 65.7 Å². The number of para-hydroxylation sites is 1. The lowest BCUT2D eigenvalue weighted by Gasteiger charge is -2.15. The zero-order valence-corrected chi connectivity index (χ0v) is 18.0. The Morgan fingerprint density at radius 2 is 1.59 bits per heavy atom. The van der Waals surface area contributed by atoms with Crippen LogP contribution in [0.3, 0.4) is 0 Å². The van der Waals surface area contributed by atoms with Crippen LogP contribution < -0.4 is 20.7 Å². The van der Waals surface area contributed by atoms with Gasteiger partial charge in [-0.1, -0.05) is 36.4 Å². The molecule has 2 aromatic carbocycles. The Hall–Kier alpha value is -2.50. The second-order valence-electron chi connectivity index (χ2n) is 5.63. The maximum absolute atomic E-state index is 12.5. The highest BCUT2D eigenvalue weighted by Gasteiger charge is 2.31. The molecule has 0 unspecified atom stereocenters. The van der Waals surface area contributed by atoms with Gasteiger partial charge in [0, 0.05) is 37.8 Å². The zero-order chi connectivity index (χ0) is 20.4. The first-order valence-electron chi connectivity index (χ1n) is 8.50. The number of amides is 1. The Bertz CT molecular complexity index is 802. The van der Waals surface area contributed by atoms with Crippen molar-refractivity contribution in [3.8, 4) is 5.75 Å². The fourth-order valence-electron chi connectivity index (χ4n) is 2.32. The number of nitrogens with zero attached hydrogens (tertiary/aromatic N) is 1. The molecule has 0 aliphatic heterocycles. The third kappa shape index (κ3) is 9.03. The van der Waals surface area contributed by atoms with Crippen LogP contribution in [-0.2, 0) is 6.54 Å². The Morgan fingerprint density at radius 1 is 0.966 bits per heavy atom. The molecule has 0 fully saturated rings. The number of carbonyl (C=O) groups excluding carboxylic acids is 1. The first kappa shape index (κ1) is 24.5. The van der Waals surface area contributed by atoms with E-state index in [1.54, 1.807) is 30.3 Å². The average Bonchev–Trinajstić information content (AvgIpc) is 2.68. The van der Waals surface area contributed by atoms with E-state index in [1.807, 2.05) is 6.07 Å². The van der Waals surface area contributed by atoms with Crippen molar-refractivity contribution < 1.29 is 22.7 Å². The van der Waals surface area contributed by atoms with E-state index in [9.17, 15) is 18.0 Å². The summed E-state index contributed by atoms with van der Waals surface area (Å²) in [7, 11) is 1.54. The van der Waals surface area contributed by atoms with Gasteiger partial charge < -0.3 is 20.7 Å². The second-order valence-corrected chi connectivity index (χ2v) is 5.63. The van der Waals surface area contributed by atoms with Gasteiger partial charge in [0.25, 0.3) is 5.91 Å². The number of halogens is 4. The van der Waals surface area contributed by atoms with Crippen LogP contribution in [0, 0.1) is 0 Å². The van der Waals surface area contributed by atoms with Crippen molar-refractivity contribution in [1.82, 2.24) is 16.0 Å². The molecule has 10 heteroatoms. The van der Waals surface area contributed by atoms with E-state index in [4.69, 9.17) is 0 Å². The van der Waals surface area contributed by atoms with Crippen LogP contribution in [0.5, 0.6) is 5.75 Å². The maximum atomic E-state index is 12.5. The standard InChI is InChI=1S/C19H21F3N4O2.HI/c1-23-18(25-12-11-24-17(27)14-7-3-2-4-8-14)26-13-15-9-5-6-10-16(15)28-19(20,21)22;/h2-10H,11-13H2,1H3,(H,24,27)(H2,23,25,26);1H. The summed E-state index contributed by atoms with van der Waals surface area (Å²) in [5.74, 6) is -0.0765. The average molecular weight is 522 g/mol. The van der Waals surface area contributed by atoms with Gasteiger partial charge >= 0.3 is 6.36 Å². The molecule has 0 spiro atoms. The molecule has 0 saturated heterocycles. The van der Waals surface area contributed by atoms with Gasteiger partial charge in [0.1, 0.15) is 5.75 Å². The first-order chi connectivity index (χ1) is 13.4. The number of ether oxygens (including phenoxy) is 1. The number of hydrogen-bond donors (Lipinski definition) is 3. The number of rotatable bonds is 7. The quantitative estimate of drug-likeness (QED) is 0.226. The number of carbonyl (C=O) groups is 1. The van der Waals surface area contributed by atoms with E-state index in [0.717, 1.165) is 0 Å². The highest BCUT2D eigenvalue weighted by Crippen LogP contribution is 2.25. The molecule has 2 rings (SSSR count). The summed E-state index contributed by atoms with van der Waals surface area (Å²) in [6.45, 7) is 0.823. The number of aliphatic imine (C=N–C) groups is 1. The summed E-state index contributed by atoms with van der Waals surface area (Å²) < 4.78 is 41.4. The van der Waals surface area contributed by atoms with Crippen LogP contribution in [0.1, 0.15) is 15.9 Å². The zero-order valence-electron chi connectivity index (χ0n) is 15.6. The van der Waals surface area contributed by atoms with Gasteiger partial charge in [-0.05, 0) is 18.2 Å². The van der Waals surface area contributed by atoms with Gasteiger partial charge in [-0.15, -0.1) is 37.1 Å². The fourth-order valence-corrected chi connectivity index (χ4v) is 2.32. The van der Waals surface area contributed by atoms with Crippen molar-refractivity contribution in [1.29, 1.82) is 0 Å². The molecule has 0 heterocycles. The van der Waals surface area contributed by atoms with Gasteiger partial charge in [-0.25, -0.2) is 0 Å². The van der Waals surface area contributed by atoms with Crippen LogP contribution in [0.15, 0.2) is 59.6 Å². The normalized spacial score (nSPS) is 11.2. The monoisotopic (exact) mass is 522 g/mol. The Balaban J connectivity index is 0.00000420. The number of nitrogens with one attached hydrogen (secondary N) is 3. The minimum atomic E-state index is -4.76. The van der Waals surface area contributed by atoms with Gasteiger partial charge in [0.2, 0.25) is 0 Å². The van der Waals surface area contributed by atoms with Gasteiger partial charge in [0.05, 0.1) is 0 Å². The summed E-state index contributed by atoms with van der Waals surface area (Å²) in [4.78, 5) is 15.9. The minimum absolute atomic E-state index is 0. The van der Waals surface area contributed by atoms with E-state index in [0.29, 0.717) is 30.2 Å². The van der Waals surface area contributed by atoms with Crippen LogP contribution in [0.25, 0.3) is 0 Å². The smallest absolute Gasteiger partial charge is 0.405 e. The first-order valence-corrected chi connectivity index (χ1v) is 8.50. The number of alkyl halides is 3. The molecule has 0 aliphatic rings. The molecule has 0 bridgehead atoms. The number of guanidine groups is 1. The highest BCUT2D eigenvalue weighted by atomic mass is 127. The van der Waals surface area contributed by atoms with Crippen molar-refractivity contribution in [2.75, 3.05) is 20.1 Å². The predicted octanol–water partition coefficient (Wildman–Crippen LogP) is 3.30. The van der Waals surface area contributed by atoms with E-state index >= 15 is 0 Å². The van der Waals surface area contributed by atoms with Crippen LogP contribution in [-0.4, -0.2) is 38.4 Å². The van der Waals surface area contributed by atoms with E-state index < -0.39 is 6.36 Å². The fraction of sp³-hybridized carbons (Fsp3) is 0.263. The molecule has 3 N–H and O–H groups in total. The van der Waals surface area contributed by atoms with Gasteiger partial charge in [-0.3, -0.25) is 9.79 Å². The molecule has 6 nitrogen and oxygen atoms in total. The van der Waals surface area contributed by atoms with Crippen LogP contribution in [0.2, 0.25) is 0 Å². The van der Waals surface area contributed by atoms with Crippen LogP contribution >= 0.6 is 24.0 Å². The molecule has 0 radical (unpaired) electrons. The maximum Gasteiger partial charge on any atom is 0.573 e. The lowest BCUT2D eigenvalue weighted by atomic mass is 10.2. The van der Waals surface area contributed by atoms with Crippen molar-refractivity contribution in [2.45, 2.75) is 12.9 Å². The van der Waals surface area contributed by atoms with Crippen molar-refractivity contribution in [2.24, 2.45) is 4.99 Å². The predicted molar refractivity (Wildman–Crippen MR) is 116 cm³/mol. The number of hydrogen-bond acceptors (Lipinski definition) is 3. The topological polar surface area (TPSA) is 74.8 Å². The lowest BCUT2D eigenvalue weighted by molar-refractivity contribution is -0.274. The van der Waals surface area contributed by atoms with E-state index in [1.165, 1.54) is 25.2 Å². The van der Waals surface area contributed by atoms with E-state index in [2.05, 4.69) is 25.7 Å². The van der Waals surface area contributed by atoms with Gasteiger partial charge in [-0.2, -0.15) is 0 Å². The summed E-state index contributed by atoms with van der Waals surface area (Å²) in [6.07, 6.45) is -4.76. The SMILES string of the molecule is CN=C(NCCNC(=O)c1ccccc1)NCc1ccccc1OC(F)(F)F.I. The Morgan fingerprint density at radius 3 is 2.24 bits per heavy atom. The van der Waals surface area contributed by atoms with Crippen molar-refractivity contribution >= 4 is 35.8 Å². The third-order valence-corrected chi connectivity index (χ3v) is 3.61. The summed E-state index contributed by atoms with van der Waals surface area (Å²) in [5.41, 5.74) is 0.895. The van der Waals surface area contributed by atoms with E-state index in [-0.39, 0.29) is 42.2 Å². The molecular weight excluding hydrogens is 500 g/mol. The Labute approximate surface area is 184 Å². The molecule has 2 aromatic rings. The molecule has 0 saturated carbocycles. The third-order valence-electron chi connectivity index (χ3n) is 3.61. The largest absolute Gasteiger partial charge is 0.573 e. The highest BCUT2D eigenvalue weighted by molar-refractivity contribution is 14.0. The Kier molecular flexibility index (Phi) is 10.3. The molecule has 0 aromatic heterocycles. The molecule has 0 atom stereocenters. The molecular formula is C19H22F3IN4O2. The number of benzene rings is 2. The molecule has 0 aliphatic carbocycles. The molecule has 158 valence electrons. The minimum Gasteiger partial charge on any atom is -0.405 e. The summed E-state index contributed by atoms with van der Waals surface area (Å²) in [6, 6.07) is 14.7. The molecule has 1 amide bonds. The summed E-state index contributed by atoms with van der Waals surface area (Å²) >= 11 is 0. The van der Waals surface area contributed by atoms with Crippen molar-refractivity contribution in [3.63, 3.8) is 0 Å². The summed E-state index contributed by atoms with van der Waals surface area (Å²) in [5, 5.41) is 8.64. The van der Waals surface area contributed by atoms with Crippen LogP contribution in [0.4, 0.5) is 13.2 Å². The second kappa shape index (κ2) is 12.1. The van der Waals surface area contributed by atoms with Gasteiger partial charge in [0.15, 0.2) is 5.96 Å². The lowest BCUT2D eigenvalue weighted by Crippen LogP contribution is -2.41.